The van der Waals surface area contributed by atoms with Gasteiger partial charge in [0, 0.05) is 25.7 Å². The molecular weight excluding hydrogens is 354 g/mol. The average Bonchev–Trinajstić information content (AvgIpc) is 2.82. The van der Waals surface area contributed by atoms with Gasteiger partial charge in [0.05, 0.1) is 10.4 Å². The second-order valence-corrected chi connectivity index (χ2v) is 7.79. The Kier molecular flexibility index (Phi) is 5.74. The number of hydrogen-bond donors (Lipinski definition) is 1. The molecule has 0 aliphatic carbocycles. The standard InChI is InChI=1S/C15H21N3O4S.ClH/c1-17-13-6-5-12(10-14(13)22-15(17)19)23(20,21)18-9-3-2-4-11(18)7-8-16;/h5-6,10-11H,2-4,7-9,16H2,1H3;1H. The molecule has 9 heteroatoms. The van der Waals surface area contributed by atoms with E-state index in [0.717, 1.165) is 19.3 Å². The van der Waals surface area contributed by atoms with E-state index in [1.54, 1.807) is 17.4 Å². The fourth-order valence-electron chi connectivity index (χ4n) is 3.18. The summed E-state index contributed by atoms with van der Waals surface area (Å²) in [5.74, 6) is -0.506. The SMILES string of the molecule is Cl.Cn1c(=O)oc2cc(S(=O)(=O)N3CCCCC3CCN)ccc21. The molecule has 1 fully saturated rings. The third-order valence-electron chi connectivity index (χ3n) is 4.44. The predicted molar refractivity (Wildman–Crippen MR) is 93.9 cm³/mol. The van der Waals surface area contributed by atoms with Gasteiger partial charge in [-0.25, -0.2) is 13.2 Å². The molecule has 2 N–H and O–H groups in total. The van der Waals surface area contributed by atoms with Crippen molar-refractivity contribution in [2.45, 2.75) is 36.6 Å². The van der Waals surface area contributed by atoms with Crippen molar-refractivity contribution in [2.24, 2.45) is 12.8 Å². The zero-order chi connectivity index (χ0) is 16.6. The van der Waals surface area contributed by atoms with Crippen LogP contribution >= 0.6 is 12.4 Å². The van der Waals surface area contributed by atoms with Crippen LogP contribution in [-0.2, 0) is 17.1 Å². The Labute approximate surface area is 146 Å². The highest BCUT2D eigenvalue weighted by Crippen LogP contribution is 2.28. The Bertz CT molecular complexity index is 872. The number of hydrogen-bond acceptors (Lipinski definition) is 5. The molecule has 1 atom stereocenters. The lowest BCUT2D eigenvalue weighted by Gasteiger charge is -2.34. The molecule has 0 amide bonds. The van der Waals surface area contributed by atoms with Crippen molar-refractivity contribution < 1.29 is 12.8 Å². The Hall–Kier alpha value is -1.35. The second-order valence-electron chi connectivity index (χ2n) is 5.90. The molecule has 1 aromatic heterocycles. The smallest absolute Gasteiger partial charge is 0.408 e. The molecule has 0 spiro atoms. The van der Waals surface area contributed by atoms with Gasteiger partial charge in [0.25, 0.3) is 0 Å². The van der Waals surface area contributed by atoms with Crippen molar-refractivity contribution >= 4 is 33.5 Å². The number of benzene rings is 1. The summed E-state index contributed by atoms with van der Waals surface area (Å²) < 4.78 is 33.9. The molecule has 7 nitrogen and oxygen atoms in total. The normalized spacial score (nSPS) is 19.3. The molecule has 1 unspecified atom stereocenters. The van der Waals surface area contributed by atoms with Crippen molar-refractivity contribution in [1.29, 1.82) is 0 Å². The third kappa shape index (κ3) is 3.23. The first kappa shape index (κ1) is 19.0. The maximum absolute atomic E-state index is 13.0. The molecule has 2 aromatic rings. The molecule has 24 heavy (non-hydrogen) atoms. The van der Waals surface area contributed by atoms with Crippen LogP contribution in [0.5, 0.6) is 0 Å². The van der Waals surface area contributed by atoms with Gasteiger partial charge in [-0.05, 0) is 37.9 Å². The summed E-state index contributed by atoms with van der Waals surface area (Å²) in [7, 11) is -2.03. The minimum absolute atomic E-state index is 0. The Morgan fingerprint density at radius 3 is 2.79 bits per heavy atom. The molecular formula is C15H22ClN3O4S. The summed E-state index contributed by atoms with van der Waals surface area (Å²) in [6.07, 6.45) is 3.35. The first-order chi connectivity index (χ1) is 10.9. The molecule has 3 rings (SSSR count). The van der Waals surface area contributed by atoms with E-state index in [9.17, 15) is 13.2 Å². The van der Waals surface area contributed by atoms with Gasteiger partial charge >= 0.3 is 5.76 Å². The third-order valence-corrected chi connectivity index (χ3v) is 6.39. The number of sulfonamides is 1. The number of nitrogens with two attached hydrogens (primary N) is 1. The van der Waals surface area contributed by atoms with Crippen molar-refractivity contribution in [3.8, 4) is 0 Å². The Balaban J connectivity index is 0.00000208. The molecule has 0 saturated carbocycles. The lowest BCUT2D eigenvalue weighted by molar-refractivity contribution is 0.243. The Morgan fingerprint density at radius 1 is 1.33 bits per heavy atom. The van der Waals surface area contributed by atoms with Crippen LogP contribution in [0.15, 0.2) is 32.3 Å². The number of fused-ring (bicyclic) bond motifs is 1. The van der Waals surface area contributed by atoms with Gasteiger partial charge < -0.3 is 10.2 Å². The fraction of sp³-hybridized carbons (Fsp3) is 0.533. The lowest BCUT2D eigenvalue weighted by atomic mass is 10.0. The largest absolute Gasteiger partial charge is 0.419 e. The van der Waals surface area contributed by atoms with E-state index < -0.39 is 15.8 Å². The van der Waals surface area contributed by atoms with Gasteiger partial charge in [-0.3, -0.25) is 4.57 Å². The zero-order valence-corrected chi connectivity index (χ0v) is 15.1. The molecule has 0 bridgehead atoms. The van der Waals surface area contributed by atoms with Gasteiger partial charge in [-0.1, -0.05) is 6.42 Å². The van der Waals surface area contributed by atoms with Crippen LogP contribution in [0.2, 0.25) is 0 Å². The van der Waals surface area contributed by atoms with E-state index in [2.05, 4.69) is 0 Å². The number of oxazole rings is 1. The maximum Gasteiger partial charge on any atom is 0.419 e. The van der Waals surface area contributed by atoms with E-state index >= 15 is 0 Å². The fourth-order valence-corrected chi connectivity index (χ4v) is 4.92. The molecule has 1 saturated heterocycles. The van der Waals surface area contributed by atoms with Gasteiger partial charge in [-0.15, -0.1) is 12.4 Å². The molecule has 0 radical (unpaired) electrons. The Morgan fingerprint density at radius 2 is 2.08 bits per heavy atom. The first-order valence-electron chi connectivity index (χ1n) is 7.76. The molecule has 134 valence electrons. The van der Waals surface area contributed by atoms with Crippen molar-refractivity contribution in [2.75, 3.05) is 13.1 Å². The topological polar surface area (TPSA) is 98.5 Å². The number of halogens is 1. The van der Waals surface area contributed by atoms with Crippen LogP contribution in [0, 0.1) is 0 Å². The van der Waals surface area contributed by atoms with Gasteiger partial charge in [0.2, 0.25) is 10.0 Å². The van der Waals surface area contributed by atoms with Crippen molar-refractivity contribution in [1.82, 2.24) is 8.87 Å². The highest BCUT2D eigenvalue weighted by Gasteiger charge is 2.33. The van der Waals surface area contributed by atoms with Gasteiger partial charge in [-0.2, -0.15) is 4.31 Å². The van der Waals surface area contributed by atoms with Crippen LogP contribution in [0.25, 0.3) is 11.1 Å². The summed E-state index contributed by atoms with van der Waals surface area (Å²) in [4.78, 5) is 11.7. The van der Waals surface area contributed by atoms with Crippen LogP contribution < -0.4 is 11.5 Å². The van der Waals surface area contributed by atoms with Gasteiger partial charge in [0.15, 0.2) is 5.58 Å². The van der Waals surface area contributed by atoms with Crippen molar-refractivity contribution in [3.05, 3.63) is 28.7 Å². The maximum atomic E-state index is 13.0. The number of aryl methyl sites for hydroxylation is 1. The summed E-state index contributed by atoms with van der Waals surface area (Å²) in [5.41, 5.74) is 6.48. The van der Waals surface area contributed by atoms with Crippen LogP contribution in [-0.4, -0.2) is 36.4 Å². The van der Waals surface area contributed by atoms with E-state index in [4.69, 9.17) is 10.2 Å². The zero-order valence-electron chi connectivity index (χ0n) is 13.5. The number of aromatic nitrogens is 1. The van der Waals surface area contributed by atoms with Crippen LogP contribution in [0.1, 0.15) is 25.7 Å². The minimum atomic E-state index is -3.62. The van der Waals surface area contributed by atoms with E-state index in [1.807, 2.05) is 0 Å². The number of nitrogens with zero attached hydrogens (tertiary/aromatic N) is 2. The van der Waals surface area contributed by atoms with E-state index in [-0.39, 0.29) is 28.9 Å². The first-order valence-corrected chi connectivity index (χ1v) is 9.20. The monoisotopic (exact) mass is 375 g/mol. The molecule has 1 aliphatic rings. The minimum Gasteiger partial charge on any atom is -0.408 e. The number of rotatable bonds is 4. The molecule has 2 heterocycles. The quantitative estimate of drug-likeness (QED) is 0.871. The molecule has 1 aliphatic heterocycles. The van der Waals surface area contributed by atoms with Crippen LogP contribution in [0.4, 0.5) is 0 Å². The molecule has 1 aromatic carbocycles. The summed E-state index contributed by atoms with van der Waals surface area (Å²) in [5, 5.41) is 0. The van der Waals surface area contributed by atoms with E-state index in [0.29, 0.717) is 25.0 Å². The lowest BCUT2D eigenvalue weighted by Crippen LogP contribution is -2.44. The van der Waals surface area contributed by atoms with Gasteiger partial charge in [0.1, 0.15) is 0 Å². The van der Waals surface area contributed by atoms with E-state index in [1.165, 1.54) is 16.7 Å². The number of piperidine rings is 1. The average molecular weight is 376 g/mol. The predicted octanol–water partition coefficient (Wildman–Crippen LogP) is 1.45. The highest BCUT2D eigenvalue weighted by atomic mass is 35.5. The summed E-state index contributed by atoms with van der Waals surface area (Å²) in [6, 6.07) is 4.51. The van der Waals surface area contributed by atoms with Crippen LogP contribution in [0.3, 0.4) is 0 Å². The second kappa shape index (κ2) is 7.26. The highest BCUT2D eigenvalue weighted by molar-refractivity contribution is 7.89. The summed E-state index contributed by atoms with van der Waals surface area (Å²) in [6.45, 7) is 0.965. The summed E-state index contributed by atoms with van der Waals surface area (Å²) >= 11 is 0. The van der Waals surface area contributed by atoms with Crippen molar-refractivity contribution in [3.63, 3.8) is 0 Å².